The molecule has 0 fully saturated rings. The quantitative estimate of drug-likeness (QED) is 0.778. The molecule has 1 rings (SSSR count). The largest absolute Gasteiger partial charge is 0.491 e. The molecule has 0 aliphatic heterocycles. The van der Waals surface area contributed by atoms with E-state index in [4.69, 9.17) is 4.74 Å². The van der Waals surface area contributed by atoms with Gasteiger partial charge < -0.3 is 9.84 Å². The predicted octanol–water partition coefficient (Wildman–Crippen LogP) is 0.922. The van der Waals surface area contributed by atoms with Crippen molar-refractivity contribution in [2.45, 2.75) is 24.3 Å². The molecule has 2 N–H and O–H groups in total. The highest BCUT2D eigenvalue weighted by Gasteiger charge is 2.33. The van der Waals surface area contributed by atoms with Gasteiger partial charge in [-0.25, -0.2) is 8.42 Å². The Bertz CT molecular complexity index is 567. The average molecular weight is 301 g/mol. The lowest BCUT2D eigenvalue weighted by Gasteiger charge is -2.25. The molecule has 0 spiro atoms. The number of ether oxygens (including phenoxy) is 1. The molecule has 0 bridgehead atoms. The van der Waals surface area contributed by atoms with Gasteiger partial charge in [0, 0.05) is 6.26 Å². The molecule has 0 radical (unpaired) electrons. The lowest BCUT2D eigenvalue weighted by Crippen LogP contribution is -2.53. The van der Waals surface area contributed by atoms with Crippen LogP contribution in [0.25, 0.3) is 0 Å². The van der Waals surface area contributed by atoms with Gasteiger partial charge in [0.1, 0.15) is 17.9 Å². The smallest absolute Gasteiger partial charge is 0.327 e. The van der Waals surface area contributed by atoms with Gasteiger partial charge in [-0.1, -0.05) is 6.92 Å². The Morgan fingerprint density at radius 1 is 1.35 bits per heavy atom. The van der Waals surface area contributed by atoms with Gasteiger partial charge in [-0.2, -0.15) is 0 Å². The minimum Gasteiger partial charge on any atom is -0.491 e. The van der Waals surface area contributed by atoms with Gasteiger partial charge in [0.05, 0.1) is 4.90 Å². The van der Waals surface area contributed by atoms with Crippen molar-refractivity contribution in [3.8, 4) is 5.75 Å². The third-order valence-electron chi connectivity index (χ3n) is 2.82. The molecule has 1 unspecified atom stereocenters. The molecular formula is C13H19NO5S. The average Bonchev–Trinajstić information content (AvgIpc) is 2.36. The molecular weight excluding hydrogens is 282 g/mol. The number of sulfone groups is 1. The molecule has 1 aromatic rings. The van der Waals surface area contributed by atoms with Crippen LogP contribution in [0, 0.1) is 0 Å². The number of rotatable bonds is 7. The minimum atomic E-state index is -3.25. The first-order valence-electron chi connectivity index (χ1n) is 6.10. The van der Waals surface area contributed by atoms with Gasteiger partial charge in [0.15, 0.2) is 9.84 Å². The minimum absolute atomic E-state index is 0.0611. The summed E-state index contributed by atoms with van der Waals surface area (Å²) < 4.78 is 28.0. The second-order valence-electron chi connectivity index (χ2n) is 4.70. The highest BCUT2D eigenvalue weighted by molar-refractivity contribution is 7.90. The van der Waals surface area contributed by atoms with E-state index in [2.05, 4.69) is 5.32 Å². The number of hydrogen-bond acceptors (Lipinski definition) is 5. The molecule has 6 nitrogen and oxygen atoms in total. The van der Waals surface area contributed by atoms with E-state index in [0.29, 0.717) is 12.3 Å². The lowest BCUT2D eigenvalue weighted by molar-refractivity contribution is -0.145. The van der Waals surface area contributed by atoms with Crippen molar-refractivity contribution < 1.29 is 23.1 Å². The zero-order chi connectivity index (χ0) is 15.4. The monoisotopic (exact) mass is 301 g/mol. The molecule has 0 aromatic heterocycles. The van der Waals surface area contributed by atoms with Gasteiger partial charge in [-0.15, -0.1) is 0 Å². The van der Waals surface area contributed by atoms with Crippen molar-refractivity contribution >= 4 is 15.8 Å². The Labute approximate surface area is 118 Å². The molecule has 1 atom stereocenters. The van der Waals surface area contributed by atoms with Crippen LogP contribution in [0.15, 0.2) is 29.2 Å². The second kappa shape index (κ2) is 6.23. The van der Waals surface area contributed by atoms with Crippen molar-refractivity contribution in [2.75, 3.05) is 19.4 Å². The standard InChI is InChI=1S/C13H19NO5S/c1-4-14-13(2,12(15)16)9-19-10-5-7-11(8-6-10)20(3,17)18/h5-8,14H,4,9H2,1-3H3,(H,15,16). The third kappa shape index (κ3) is 4.21. The number of carboxylic acids is 1. The van der Waals surface area contributed by atoms with E-state index in [1.54, 1.807) is 0 Å². The number of aliphatic carboxylic acids is 1. The maximum absolute atomic E-state index is 11.3. The summed E-state index contributed by atoms with van der Waals surface area (Å²) in [6, 6.07) is 5.86. The van der Waals surface area contributed by atoms with E-state index >= 15 is 0 Å². The molecule has 0 amide bonds. The van der Waals surface area contributed by atoms with Crippen LogP contribution in [-0.2, 0) is 14.6 Å². The molecule has 0 saturated heterocycles. The highest BCUT2D eigenvalue weighted by Crippen LogP contribution is 2.17. The van der Waals surface area contributed by atoms with Crippen LogP contribution >= 0.6 is 0 Å². The first-order valence-corrected chi connectivity index (χ1v) is 7.99. The van der Waals surface area contributed by atoms with Crippen LogP contribution in [0.1, 0.15) is 13.8 Å². The maximum Gasteiger partial charge on any atom is 0.327 e. The van der Waals surface area contributed by atoms with Crippen LogP contribution in [0.2, 0.25) is 0 Å². The fourth-order valence-corrected chi connectivity index (χ4v) is 2.22. The van der Waals surface area contributed by atoms with Crippen molar-refractivity contribution in [3.05, 3.63) is 24.3 Å². The third-order valence-corrected chi connectivity index (χ3v) is 3.95. The topological polar surface area (TPSA) is 92.7 Å². The molecule has 112 valence electrons. The normalized spacial score (nSPS) is 14.6. The molecule has 1 aromatic carbocycles. The van der Waals surface area contributed by atoms with E-state index < -0.39 is 21.3 Å². The van der Waals surface area contributed by atoms with Crippen molar-refractivity contribution in [1.29, 1.82) is 0 Å². The number of benzene rings is 1. The summed E-state index contributed by atoms with van der Waals surface area (Å²) >= 11 is 0. The predicted molar refractivity (Wildman–Crippen MR) is 74.8 cm³/mol. The summed E-state index contributed by atoms with van der Waals surface area (Å²) in [4.78, 5) is 11.4. The molecule has 0 aliphatic carbocycles. The molecule has 0 saturated carbocycles. The van der Waals surface area contributed by atoms with Gasteiger partial charge in [0.25, 0.3) is 0 Å². The number of carbonyl (C=O) groups is 1. The summed E-state index contributed by atoms with van der Waals surface area (Å²) in [6.07, 6.45) is 1.12. The van der Waals surface area contributed by atoms with Crippen LogP contribution in [-0.4, -0.2) is 44.4 Å². The Kier molecular flexibility index (Phi) is 5.13. The zero-order valence-corrected chi connectivity index (χ0v) is 12.5. The second-order valence-corrected chi connectivity index (χ2v) is 6.72. The maximum atomic E-state index is 11.3. The van der Waals surface area contributed by atoms with Gasteiger partial charge >= 0.3 is 5.97 Å². The summed E-state index contributed by atoms with van der Waals surface area (Å²) in [5, 5.41) is 12.0. The summed E-state index contributed by atoms with van der Waals surface area (Å²) in [5.41, 5.74) is -1.19. The van der Waals surface area contributed by atoms with Gasteiger partial charge in [-0.05, 0) is 37.7 Å². The molecule has 0 aliphatic rings. The van der Waals surface area contributed by atoms with E-state index in [1.165, 1.54) is 31.2 Å². The van der Waals surface area contributed by atoms with Crippen LogP contribution in [0.5, 0.6) is 5.75 Å². The van der Waals surface area contributed by atoms with E-state index in [0.717, 1.165) is 6.26 Å². The van der Waals surface area contributed by atoms with Crippen LogP contribution < -0.4 is 10.1 Å². The van der Waals surface area contributed by atoms with E-state index in [1.807, 2.05) is 6.92 Å². The van der Waals surface area contributed by atoms with Crippen LogP contribution in [0.3, 0.4) is 0 Å². The number of nitrogens with one attached hydrogen (secondary N) is 1. The van der Waals surface area contributed by atoms with Crippen LogP contribution in [0.4, 0.5) is 0 Å². The van der Waals surface area contributed by atoms with Crippen molar-refractivity contribution in [1.82, 2.24) is 5.32 Å². The van der Waals surface area contributed by atoms with Gasteiger partial charge in [0.2, 0.25) is 0 Å². The zero-order valence-electron chi connectivity index (χ0n) is 11.7. The van der Waals surface area contributed by atoms with Gasteiger partial charge in [-0.3, -0.25) is 10.1 Å². The number of likely N-dealkylation sites (N-methyl/N-ethyl adjacent to an activating group) is 1. The number of hydrogen-bond donors (Lipinski definition) is 2. The molecule has 0 heterocycles. The van der Waals surface area contributed by atoms with Crippen molar-refractivity contribution in [2.24, 2.45) is 0 Å². The Morgan fingerprint density at radius 3 is 2.30 bits per heavy atom. The molecule has 7 heteroatoms. The summed E-state index contributed by atoms with van der Waals surface area (Å²) in [6.45, 7) is 3.78. The summed E-state index contributed by atoms with van der Waals surface area (Å²) in [5.74, 6) is -0.588. The highest BCUT2D eigenvalue weighted by atomic mass is 32.2. The lowest BCUT2D eigenvalue weighted by atomic mass is 10.0. The Balaban J connectivity index is 2.77. The first-order chi connectivity index (χ1) is 9.19. The molecule has 20 heavy (non-hydrogen) atoms. The Hall–Kier alpha value is -1.60. The fraction of sp³-hybridized carbons (Fsp3) is 0.462. The van der Waals surface area contributed by atoms with Crippen molar-refractivity contribution in [3.63, 3.8) is 0 Å². The first kappa shape index (κ1) is 16.5. The fourth-order valence-electron chi connectivity index (χ4n) is 1.59. The van der Waals surface area contributed by atoms with E-state index in [-0.39, 0.29) is 11.5 Å². The number of carboxylic acid groups (broad SMARTS) is 1. The Morgan fingerprint density at radius 2 is 1.90 bits per heavy atom. The van der Waals surface area contributed by atoms with E-state index in [9.17, 15) is 18.3 Å². The summed E-state index contributed by atoms with van der Waals surface area (Å²) in [7, 11) is -3.25. The SMILES string of the molecule is CCNC(C)(COc1ccc(S(C)(=O)=O)cc1)C(=O)O.